The van der Waals surface area contributed by atoms with Crippen LogP contribution in [0.15, 0.2) is 33.7 Å². The first kappa shape index (κ1) is 14.8. The summed E-state index contributed by atoms with van der Waals surface area (Å²) in [5.74, 6) is -0.331. The molecule has 0 saturated carbocycles. The number of ether oxygens (including phenoxy) is 1. The number of halogens is 1. The maximum Gasteiger partial charge on any atom is 0.365 e. The van der Waals surface area contributed by atoms with Gasteiger partial charge in [-0.15, -0.1) is 0 Å². The Labute approximate surface area is 127 Å². The van der Waals surface area contributed by atoms with Crippen LogP contribution in [0.1, 0.15) is 13.3 Å². The van der Waals surface area contributed by atoms with Crippen LogP contribution >= 0.6 is 0 Å². The van der Waals surface area contributed by atoms with Crippen LogP contribution in [0.25, 0.3) is 11.1 Å². The number of benzene rings is 1. The average Bonchev–Trinajstić information content (AvgIpc) is 2.89. The summed E-state index contributed by atoms with van der Waals surface area (Å²) in [6, 6.07) is 4.87. The molecule has 1 saturated heterocycles. The molecule has 0 amide bonds. The van der Waals surface area contributed by atoms with E-state index < -0.39 is 5.63 Å². The van der Waals surface area contributed by atoms with Crippen LogP contribution in [0.3, 0.4) is 0 Å². The number of morpholine rings is 1. The van der Waals surface area contributed by atoms with E-state index in [1.165, 1.54) is 10.8 Å². The fraction of sp³-hybridized carbons (Fsp3) is 0.438. The summed E-state index contributed by atoms with van der Waals surface area (Å²) in [6.45, 7) is 5.17. The van der Waals surface area contributed by atoms with Crippen molar-refractivity contribution in [2.45, 2.75) is 19.9 Å². The van der Waals surface area contributed by atoms with Crippen LogP contribution in [0.2, 0.25) is 0 Å². The minimum Gasteiger partial charge on any atom is -0.378 e. The van der Waals surface area contributed by atoms with Crippen molar-refractivity contribution in [1.82, 2.24) is 4.74 Å². The fourth-order valence-corrected chi connectivity index (χ4v) is 2.64. The van der Waals surface area contributed by atoms with Gasteiger partial charge in [0.25, 0.3) is 0 Å². The summed E-state index contributed by atoms with van der Waals surface area (Å²) in [5, 5.41) is 0. The quantitative estimate of drug-likeness (QED) is 0.871. The van der Waals surface area contributed by atoms with Crippen molar-refractivity contribution in [3.05, 3.63) is 40.6 Å². The molecule has 1 aromatic carbocycles. The lowest BCUT2D eigenvalue weighted by molar-refractivity contribution is 0.122. The second kappa shape index (κ2) is 6.36. The van der Waals surface area contributed by atoms with Gasteiger partial charge in [0.1, 0.15) is 5.82 Å². The molecular weight excluding hydrogens is 287 g/mol. The first-order chi connectivity index (χ1) is 10.7. The number of anilines is 1. The van der Waals surface area contributed by atoms with Crippen molar-refractivity contribution >= 4 is 5.69 Å². The van der Waals surface area contributed by atoms with Crippen LogP contribution < -0.4 is 10.5 Å². The zero-order chi connectivity index (χ0) is 15.5. The van der Waals surface area contributed by atoms with Crippen molar-refractivity contribution in [2.75, 3.05) is 31.2 Å². The molecule has 22 heavy (non-hydrogen) atoms. The number of hydrogen-bond acceptors (Lipinski definition) is 4. The first-order valence-corrected chi connectivity index (χ1v) is 7.52. The van der Waals surface area contributed by atoms with E-state index in [0.29, 0.717) is 49.7 Å². The Morgan fingerprint density at radius 1 is 1.27 bits per heavy atom. The van der Waals surface area contributed by atoms with Gasteiger partial charge < -0.3 is 14.2 Å². The molecule has 0 N–H and O–H groups in total. The minimum atomic E-state index is -0.438. The second-order valence-corrected chi connectivity index (χ2v) is 5.33. The van der Waals surface area contributed by atoms with Gasteiger partial charge in [0.15, 0.2) is 0 Å². The second-order valence-electron chi connectivity index (χ2n) is 5.33. The fourth-order valence-electron chi connectivity index (χ4n) is 2.64. The van der Waals surface area contributed by atoms with E-state index in [0.717, 1.165) is 6.42 Å². The molecule has 2 heterocycles. The lowest BCUT2D eigenvalue weighted by Gasteiger charge is -2.29. The van der Waals surface area contributed by atoms with Crippen molar-refractivity contribution in [2.24, 2.45) is 0 Å². The lowest BCUT2D eigenvalue weighted by Crippen LogP contribution is -2.36. The summed E-state index contributed by atoms with van der Waals surface area (Å²) in [7, 11) is 0. The third-order valence-electron chi connectivity index (χ3n) is 3.75. The highest BCUT2D eigenvalue weighted by Gasteiger charge is 2.17. The van der Waals surface area contributed by atoms with E-state index in [1.807, 2.05) is 11.8 Å². The van der Waals surface area contributed by atoms with Gasteiger partial charge in [-0.1, -0.05) is 13.0 Å². The summed E-state index contributed by atoms with van der Waals surface area (Å²) in [5.41, 5.74) is 1.04. The Morgan fingerprint density at radius 3 is 2.73 bits per heavy atom. The molecule has 0 atom stereocenters. The van der Waals surface area contributed by atoms with Crippen LogP contribution in [-0.2, 0) is 11.3 Å². The van der Waals surface area contributed by atoms with Gasteiger partial charge in [0.05, 0.1) is 37.2 Å². The monoisotopic (exact) mass is 306 g/mol. The molecule has 1 fully saturated rings. The highest BCUT2D eigenvalue weighted by atomic mass is 19.1. The van der Waals surface area contributed by atoms with E-state index in [-0.39, 0.29) is 5.82 Å². The van der Waals surface area contributed by atoms with Crippen molar-refractivity contribution in [3.8, 4) is 11.1 Å². The molecule has 3 rings (SSSR count). The highest BCUT2D eigenvalue weighted by molar-refractivity contribution is 5.65. The average molecular weight is 306 g/mol. The summed E-state index contributed by atoms with van der Waals surface area (Å²) in [6.07, 6.45) is 2.50. The molecule has 0 aliphatic carbocycles. The molecule has 0 radical (unpaired) electrons. The maximum absolute atomic E-state index is 14.4. The van der Waals surface area contributed by atoms with Crippen LogP contribution in [0, 0.1) is 5.82 Å². The molecule has 1 aliphatic heterocycles. The van der Waals surface area contributed by atoms with Gasteiger partial charge in [-0.25, -0.2) is 13.9 Å². The third kappa shape index (κ3) is 2.92. The minimum absolute atomic E-state index is 0.331. The van der Waals surface area contributed by atoms with Crippen molar-refractivity contribution in [1.29, 1.82) is 0 Å². The SMILES string of the molecule is CCCn1cc(-c2ccc(N3CCOCC3)c(F)c2)c(=O)o1. The van der Waals surface area contributed by atoms with Gasteiger partial charge in [-0.2, -0.15) is 0 Å². The van der Waals surface area contributed by atoms with Gasteiger partial charge in [0, 0.05) is 13.1 Å². The van der Waals surface area contributed by atoms with Gasteiger partial charge in [-0.3, -0.25) is 0 Å². The van der Waals surface area contributed by atoms with E-state index in [9.17, 15) is 9.18 Å². The Bertz CT molecular complexity index is 702. The van der Waals surface area contributed by atoms with E-state index >= 15 is 0 Å². The van der Waals surface area contributed by atoms with E-state index in [2.05, 4.69) is 0 Å². The molecule has 1 aliphatic rings. The number of aryl methyl sites for hydroxylation is 1. The largest absolute Gasteiger partial charge is 0.378 e. The Morgan fingerprint density at radius 2 is 2.05 bits per heavy atom. The zero-order valence-corrected chi connectivity index (χ0v) is 12.5. The standard InChI is InChI=1S/C16H19FN2O3/c1-2-5-19-11-13(16(20)22-19)12-3-4-15(14(17)10-12)18-6-8-21-9-7-18/h3-4,10-11H,2,5-9H2,1H3. The van der Waals surface area contributed by atoms with Crippen molar-refractivity contribution < 1.29 is 13.7 Å². The highest BCUT2D eigenvalue weighted by Crippen LogP contribution is 2.25. The van der Waals surface area contributed by atoms with Crippen LogP contribution in [0.5, 0.6) is 0 Å². The third-order valence-corrected chi connectivity index (χ3v) is 3.75. The van der Waals surface area contributed by atoms with Gasteiger partial charge in [0.2, 0.25) is 0 Å². The summed E-state index contributed by atoms with van der Waals surface area (Å²) in [4.78, 5) is 13.8. The van der Waals surface area contributed by atoms with E-state index in [1.54, 1.807) is 18.3 Å². The number of aromatic nitrogens is 1. The molecular formula is C16H19FN2O3. The summed E-state index contributed by atoms with van der Waals surface area (Å²) < 4.78 is 26.3. The summed E-state index contributed by atoms with van der Waals surface area (Å²) >= 11 is 0. The molecule has 118 valence electrons. The van der Waals surface area contributed by atoms with Gasteiger partial charge in [-0.05, 0) is 24.1 Å². The maximum atomic E-state index is 14.4. The number of rotatable bonds is 4. The predicted octanol–water partition coefficient (Wildman–Crippen LogP) is 2.49. The van der Waals surface area contributed by atoms with Crippen LogP contribution in [0.4, 0.5) is 10.1 Å². The topological polar surface area (TPSA) is 47.6 Å². The molecule has 0 unspecified atom stereocenters. The van der Waals surface area contributed by atoms with Crippen LogP contribution in [-0.4, -0.2) is 31.0 Å². The normalized spacial score (nSPS) is 15.3. The molecule has 6 heteroatoms. The van der Waals surface area contributed by atoms with Gasteiger partial charge >= 0.3 is 5.63 Å². The smallest absolute Gasteiger partial charge is 0.365 e. The van der Waals surface area contributed by atoms with E-state index in [4.69, 9.17) is 9.26 Å². The Hall–Kier alpha value is -2.08. The van der Waals surface area contributed by atoms with Crippen molar-refractivity contribution in [3.63, 3.8) is 0 Å². The number of nitrogens with zero attached hydrogens (tertiary/aromatic N) is 2. The first-order valence-electron chi connectivity index (χ1n) is 7.52. The molecule has 5 nitrogen and oxygen atoms in total. The Kier molecular flexibility index (Phi) is 4.29. The Balaban J connectivity index is 1.89. The molecule has 1 aromatic heterocycles. The molecule has 0 spiro atoms. The predicted molar refractivity (Wildman–Crippen MR) is 81.7 cm³/mol. The molecule has 2 aromatic rings. The lowest BCUT2D eigenvalue weighted by atomic mass is 10.1. The zero-order valence-electron chi connectivity index (χ0n) is 12.5. The number of hydrogen-bond donors (Lipinski definition) is 0. The molecule has 0 bridgehead atoms.